The lowest BCUT2D eigenvalue weighted by atomic mass is 10.0. The van der Waals surface area contributed by atoms with E-state index in [9.17, 15) is 0 Å². The number of unbranched alkanes of at least 4 members (excludes halogenated alkanes) is 12. The van der Waals surface area contributed by atoms with Gasteiger partial charge in [0.1, 0.15) is 0 Å². The van der Waals surface area contributed by atoms with E-state index in [4.69, 9.17) is 13.6 Å². The molecule has 0 rings (SSSR count). The average molecular weight is 431 g/mol. The van der Waals surface area contributed by atoms with Gasteiger partial charge in [-0.2, -0.15) is 0 Å². The fourth-order valence-electron chi connectivity index (χ4n) is 3.77. The summed E-state index contributed by atoms with van der Waals surface area (Å²) >= 11 is 0. The Balaban J connectivity index is 3.63. The van der Waals surface area contributed by atoms with E-state index in [1.54, 1.807) is 7.11 Å². The molecule has 1 atom stereocenters. The number of ether oxygens (including phenoxy) is 1. The van der Waals surface area contributed by atoms with Gasteiger partial charge in [0, 0.05) is 26.9 Å². The first-order valence-corrected chi connectivity index (χ1v) is 15.1. The van der Waals surface area contributed by atoms with Crippen molar-refractivity contribution in [3.05, 3.63) is 0 Å². The summed E-state index contributed by atoms with van der Waals surface area (Å²) in [4.78, 5) is 0. The van der Waals surface area contributed by atoms with Crippen LogP contribution >= 0.6 is 0 Å². The lowest BCUT2D eigenvalue weighted by Crippen LogP contribution is -2.42. The van der Waals surface area contributed by atoms with Crippen LogP contribution in [0.2, 0.25) is 12.1 Å². The minimum absolute atomic E-state index is 0.542. The highest BCUT2D eigenvalue weighted by Gasteiger charge is 2.33. The first-order valence-electron chi connectivity index (χ1n) is 12.9. The predicted molar refractivity (Wildman–Crippen MR) is 130 cm³/mol. The van der Waals surface area contributed by atoms with Crippen LogP contribution in [0.3, 0.4) is 0 Å². The Labute approximate surface area is 184 Å². The zero-order valence-corrected chi connectivity index (χ0v) is 21.7. The largest absolute Gasteiger partial charge is 0.394 e. The molecule has 3 nitrogen and oxygen atoms in total. The van der Waals surface area contributed by atoms with E-state index in [0.29, 0.717) is 5.92 Å². The monoisotopic (exact) mass is 430 g/mol. The molecule has 0 aromatic carbocycles. The SMILES string of the molecule is CCCCCCCCCCCCCCCO[Si](CC)(CC)OCC(C)CCOC. The minimum Gasteiger partial charge on any atom is -0.394 e. The number of hydrogen-bond acceptors (Lipinski definition) is 3. The van der Waals surface area contributed by atoms with Crippen LogP contribution in [0.25, 0.3) is 0 Å². The lowest BCUT2D eigenvalue weighted by Gasteiger charge is -2.30. The van der Waals surface area contributed by atoms with Crippen molar-refractivity contribution >= 4 is 8.56 Å². The van der Waals surface area contributed by atoms with E-state index >= 15 is 0 Å². The van der Waals surface area contributed by atoms with Crippen molar-refractivity contribution in [2.45, 2.75) is 130 Å². The minimum atomic E-state index is -1.99. The highest BCUT2D eigenvalue weighted by atomic mass is 28.4. The fraction of sp³-hybridized carbons (Fsp3) is 1.00. The van der Waals surface area contributed by atoms with Gasteiger partial charge in [-0.25, -0.2) is 0 Å². The normalized spacial score (nSPS) is 13.1. The lowest BCUT2D eigenvalue weighted by molar-refractivity contribution is 0.125. The van der Waals surface area contributed by atoms with Crippen LogP contribution in [-0.2, 0) is 13.6 Å². The second kappa shape index (κ2) is 21.3. The molecule has 0 bridgehead atoms. The average Bonchev–Trinajstić information content (AvgIpc) is 2.74. The Hall–Kier alpha value is 0.0969. The Morgan fingerprint density at radius 2 is 1.10 bits per heavy atom. The van der Waals surface area contributed by atoms with E-state index < -0.39 is 8.56 Å². The molecule has 0 amide bonds. The maximum atomic E-state index is 6.37. The predicted octanol–water partition coefficient (Wildman–Crippen LogP) is 8.27. The van der Waals surface area contributed by atoms with E-state index in [2.05, 4.69) is 27.7 Å². The molecule has 0 aromatic heterocycles. The molecule has 0 aromatic rings. The summed E-state index contributed by atoms with van der Waals surface area (Å²) in [5.74, 6) is 0.542. The van der Waals surface area contributed by atoms with Crippen LogP contribution in [0.1, 0.15) is 118 Å². The summed E-state index contributed by atoms with van der Waals surface area (Å²) in [5, 5.41) is 0. The molecule has 0 radical (unpaired) electrons. The molecule has 0 aliphatic heterocycles. The van der Waals surface area contributed by atoms with Crippen molar-refractivity contribution in [3.63, 3.8) is 0 Å². The molecule has 0 saturated carbocycles. The summed E-state index contributed by atoms with van der Waals surface area (Å²) < 4.78 is 17.9. The zero-order chi connectivity index (χ0) is 21.6. The Morgan fingerprint density at radius 3 is 1.55 bits per heavy atom. The smallest absolute Gasteiger partial charge is 0.337 e. The topological polar surface area (TPSA) is 27.7 Å². The second-order valence-electron chi connectivity index (χ2n) is 8.91. The molecule has 0 heterocycles. The van der Waals surface area contributed by atoms with Gasteiger partial charge in [0.05, 0.1) is 0 Å². The van der Waals surface area contributed by atoms with E-state index in [1.165, 1.54) is 83.5 Å². The molecule has 0 saturated heterocycles. The van der Waals surface area contributed by atoms with Crippen molar-refractivity contribution < 1.29 is 13.6 Å². The number of methoxy groups -OCH3 is 1. The van der Waals surface area contributed by atoms with Crippen molar-refractivity contribution in [2.24, 2.45) is 5.92 Å². The Kier molecular flexibility index (Phi) is 21.4. The highest BCUT2D eigenvalue weighted by molar-refractivity contribution is 6.67. The third kappa shape index (κ3) is 17.5. The van der Waals surface area contributed by atoms with Crippen LogP contribution in [0.15, 0.2) is 0 Å². The Bertz CT molecular complexity index is 321. The van der Waals surface area contributed by atoms with Gasteiger partial charge in [-0.3, -0.25) is 0 Å². The quantitative estimate of drug-likeness (QED) is 0.121. The molecular weight excluding hydrogens is 376 g/mol. The summed E-state index contributed by atoms with van der Waals surface area (Å²) in [6.07, 6.45) is 19.2. The molecular formula is C25H54O3Si. The van der Waals surface area contributed by atoms with Gasteiger partial charge in [-0.1, -0.05) is 105 Å². The zero-order valence-electron chi connectivity index (χ0n) is 20.7. The standard InChI is InChI=1S/C25H54O3Si/c1-6-9-10-11-12-13-14-15-16-17-18-19-20-22-27-29(7-2,8-3)28-24-25(4)21-23-26-5/h25H,6-24H2,1-5H3. The van der Waals surface area contributed by atoms with Crippen molar-refractivity contribution in [2.75, 3.05) is 26.9 Å². The van der Waals surface area contributed by atoms with Gasteiger partial charge in [-0.15, -0.1) is 0 Å². The maximum Gasteiger partial charge on any atom is 0.337 e. The van der Waals surface area contributed by atoms with E-state index in [0.717, 1.165) is 38.3 Å². The van der Waals surface area contributed by atoms with Gasteiger partial charge >= 0.3 is 8.56 Å². The van der Waals surface area contributed by atoms with Crippen LogP contribution in [0, 0.1) is 5.92 Å². The first kappa shape index (κ1) is 29.1. The molecule has 0 N–H and O–H groups in total. The van der Waals surface area contributed by atoms with Crippen LogP contribution < -0.4 is 0 Å². The number of rotatable bonds is 23. The van der Waals surface area contributed by atoms with Crippen molar-refractivity contribution in [1.29, 1.82) is 0 Å². The molecule has 29 heavy (non-hydrogen) atoms. The summed E-state index contributed by atoms with van der Waals surface area (Å²) in [5.41, 5.74) is 0. The molecule has 176 valence electrons. The maximum absolute atomic E-state index is 6.37. The van der Waals surface area contributed by atoms with Gasteiger partial charge < -0.3 is 13.6 Å². The summed E-state index contributed by atoms with van der Waals surface area (Å²) in [7, 11) is -0.222. The molecule has 1 unspecified atom stereocenters. The number of hydrogen-bond donors (Lipinski definition) is 0. The van der Waals surface area contributed by atoms with Gasteiger partial charge in [0.25, 0.3) is 0 Å². The van der Waals surface area contributed by atoms with Crippen LogP contribution in [-0.4, -0.2) is 35.5 Å². The molecule has 0 spiro atoms. The van der Waals surface area contributed by atoms with Gasteiger partial charge in [0.15, 0.2) is 0 Å². The highest BCUT2D eigenvalue weighted by Crippen LogP contribution is 2.21. The fourth-order valence-corrected chi connectivity index (χ4v) is 6.28. The van der Waals surface area contributed by atoms with Gasteiger partial charge in [0.2, 0.25) is 0 Å². The van der Waals surface area contributed by atoms with Crippen molar-refractivity contribution in [1.82, 2.24) is 0 Å². The van der Waals surface area contributed by atoms with E-state index in [-0.39, 0.29) is 0 Å². The summed E-state index contributed by atoms with van der Waals surface area (Å²) in [6.45, 7) is 11.5. The van der Waals surface area contributed by atoms with Crippen LogP contribution in [0.4, 0.5) is 0 Å². The second-order valence-corrected chi connectivity index (χ2v) is 12.7. The van der Waals surface area contributed by atoms with E-state index in [1.807, 2.05) is 0 Å². The molecule has 0 aliphatic carbocycles. The summed E-state index contributed by atoms with van der Waals surface area (Å²) in [6, 6.07) is 2.11. The molecule has 4 heteroatoms. The molecule has 0 aliphatic rings. The Morgan fingerprint density at radius 1 is 0.621 bits per heavy atom. The molecule has 0 fully saturated rings. The van der Waals surface area contributed by atoms with Gasteiger partial charge in [-0.05, 0) is 30.8 Å². The third-order valence-electron chi connectivity index (χ3n) is 6.14. The first-order chi connectivity index (χ1) is 14.1. The van der Waals surface area contributed by atoms with Crippen LogP contribution in [0.5, 0.6) is 0 Å². The van der Waals surface area contributed by atoms with Crippen molar-refractivity contribution in [3.8, 4) is 0 Å². The third-order valence-corrected chi connectivity index (χ3v) is 9.71.